The van der Waals surface area contributed by atoms with Crippen molar-refractivity contribution >= 4 is 68.8 Å². The van der Waals surface area contributed by atoms with Gasteiger partial charge in [-0.15, -0.1) is 0 Å². The van der Waals surface area contributed by atoms with Crippen molar-refractivity contribution in [3.05, 3.63) is 112 Å². The van der Waals surface area contributed by atoms with Crippen LogP contribution < -0.4 is 15.5 Å². The van der Waals surface area contributed by atoms with Gasteiger partial charge in [0.2, 0.25) is 0 Å². The van der Waals surface area contributed by atoms with E-state index in [2.05, 4.69) is 10.6 Å². The number of anilines is 3. The van der Waals surface area contributed by atoms with Crippen molar-refractivity contribution in [2.75, 3.05) is 15.5 Å². The number of fused-ring (bicyclic) bond motifs is 1. The van der Waals surface area contributed by atoms with Gasteiger partial charge in [-0.2, -0.15) is 0 Å². The molecule has 0 aliphatic carbocycles. The van der Waals surface area contributed by atoms with Crippen molar-refractivity contribution in [2.24, 2.45) is 0 Å². The number of halogens is 2. The van der Waals surface area contributed by atoms with Gasteiger partial charge in [0.15, 0.2) is 0 Å². The monoisotopic (exact) mass is 501 g/mol. The molecule has 0 spiro atoms. The lowest BCUT2D eigenvalue weighted by molar-refractivity contribution is -0.120. The van der Waals surface area contributed by atoms with E-state index in [0.717, 1.165) is 15.7 Å². The summed E-state index contributed by atoms with van der Waals surface area (Å²) in [4.78, 5) is 39.3. The Morgan fingerprint density at radius 3 is 2.17 bits per heavy atom. The molecule has 0 bridgehead atoms. The van der Waals surface area contributed by atoms with E-state index in [1.807, 2.05) is 42.5 Å². The predicted molar refractivity (Wildman–Crippen MR) is 139 cm³/mol. The maximum atomic E-state index is 12.9. The smallest absolute Gasteiger partial charge is 0.283 e. The first-order valence-electron chi connectivity index (χ1n) is 10.6. The maximum Gasteiger partial charge on any atom is 0.283 e. The number of nitrogens with one attached hydrogen (secondary N) is 2. The minimum Gasteiger partial charge on any atom is -0.350 e. The normalized spacial score (nSPS) is 13.5. The van der Waals surface area contributed by atoms with Gasteiger partial charge in [-0.05, 0) is 60.0 Å². The summed E-state index contributed by atoms with van der Waals surface area (Å²) in [6, 6.07) is 26.3. The van der Waals surface area contributed by atoms with Gasteiger partial charge in [0.05, 0.1) is 5.69 Å². The molecule has 4 aromatic rings. The molecule has 0 aromatic heterocycles. The maximum absolute atomic E-state index is 12.9. The van der Waals surface area contributed by atoms with Crippen LogP contribution in [-0.2, 0) is 9.59 Å². The Morgan fingerprint density at radius 1 is 0.743 bits per heavy atom. The molecule has 172 valence electrons. The Bertz CT molecular complexity index is 1510. The second kappa shape index (κ2) is 9.25. The molecule has 0 fully saturated rings. The molecule has 2 N–H and O–H groups in total. The average molecular weight is 502 g/mol. The first-order valence-corrected chi connectivity index (χ1v) is 11.4. The van der Waals surface area contributed by atoms with Crippen LogP contribution in [0.3, 0.4) is 0 Å². The number of carbonyl (C=O) groups is 3. The van der Waals surface area contributed by atoms with Crippen LogP contribution in [-0.4, -0.2) is 17.7 Å². The molecule has 0 radical (unpaired) electrons. The molecule has 1 heterocycles. The minimum atomic E-state index is -0.632. The number of amides is 3. The summed E-state index contributed by atoms with van der Waals surface area (Å²) in [6.45, 7) is 0. The molecule has 1 aliphatic rings. The zero-order valence-corrected chi connectivity index (χ0v) is 19.6. The van der Waals surface area contributed by atoms with Crippen molar-refractivity contribution in [3.63, 3.8) is 0 Å². The van der Waals surface area contributed by atoms with Crippen molar-refractivity contribution in [1.82, 2.24) is 0 Å². The zero-order valence-electron chi connectivity index (χ0n) is 18.1. The summed E-state index contributed by atoms with van der Waals surface area (Å²) in [5, 5.41) is 8.07. The summed E-state index contributed by atoms with van der Waals surface area (Å²) in [5.41, 5.74) is 1.96. The number of benzene rings is 4. The molecule has 35 heavy (non-hydrogen) atoms. The van der Waals surface area contributed by atoms with E-state index < -0.39 is 11.8 Å². The molecular formula is C27H17Cl2N3O3. The topological polar surface area (TPSA) is 78.5 Å². The van der Waals surface area contributed by atoms with Crippen LogP contribution in [0.1, 0.15) is 10.4 Å². The van der Waals surface area contributed by atoms with Crippen LogP contribution in [0.5, 0.6) is 0 Å². The van der Waals surface area contributed by atoms with Gasteiger partial charge in [-0.25, -0.2) is 4.90 Å². The molecule has 3 amide bonds. The summed E-state index contributed by atoms with van der Waals surface area (Å²) in [6.07, 6.45) is 0. The lowest BCUT2D eigenvalue weighted by atomic mass is 10.1. The highest BCUT2D eigenvalue weighted by Gasteiger charge is 2.38. The third kappa shape index (κ3) is 4.37. The van der Waals surface area contributed by atoms with Gasteiger partial charge in [0.25, 0.3) is 17.7 Å². The third-order valence-electron chi connectivity index (χ3n) is 5.57. The molecule has 0 atom stereocenters. The van der Waals surface area contributed by atoms with Crippen molar-refractivity contribution in [2.45, 2.75) is 0 Å². The number of nitrogens with zero attached hydrogens (tertiary/aromatic N) is 1. The number of rotatable bonds is 5. The molecule has 0 unspecified atom stereocenters. The highest BCUT2D eigenvalue weighted by Crippen LogP contribution is 2.31. The number of imide groups is 1. The van der Waals surface area contributed by atoms with Crippen LogP contribution in [0.2, 0.25) is 5.02 Å². The second-order valence-electron chi connectivity index (χ2n) is 7.79. The Hall–Kier alpha value is -4.13. The van der Waals surface area contributed by atoms with E-state index in [-0.39, 0.29) is 16.6 Å². The van der Waals surface area contributed by atoms with Crippen molar-refractivity contribution in [3.8, 4) is 0 Å². The standard InChI is InChI=1S/C27H17Cl2N3O3/c28-18-10-14-20(15-11-18)32-26(34)23(29)24(27(32)35)30-19-12-8-17(9-13-19)25(33)31-22-7-3-5-16-4-1-2-6-21(16)22/h1-15,30H,(H,31,33). The minimum absolute atomic E-state index is 0.0421. The van der Waals surface area contributed by atoms with Gasteiger partial charge < -0.3 is 10.6 Å². The molecule has 0 saturated heterocycles. The van der Waals surface area contributed by atoms with Crippen LogP contribution in [0, 0.1) is 0 Å². The number of hydrogen-bond donors (Lipinski definition) is 2. The third-order valence-corrected chi connectivity index (χ3v) is 6.17. The first-order chi connectivity index (χ1) is 16.9. The van der Waals surface area contributed by atoms with Crippen LogP contribution >= 0.6 is 23.2 Å². The summed E-state index contributed by atoms with van der Waals surface area (Å²) in [7, 11) is 0. The summed E-state index contributed by atoms with van der Waals surface area (Å²) < 4.78 is 0. The highest BCUT2D eigenvalue weighted by molar-refractivity contribution is 6.53. The summed E-state index contributed by atoms with van der Waals surface area (Å²) >= 11 is 12.1. The van der Waals surface area contributed by atoms with Crippen LogP contribution in [0.4, 0.5) is 17.1 Å². The molecule has 4 aromatic carbocycles. The Labute approximate surface area is 210 Å². The van der Waals surface area contributed by atoms with Gasteiger partial charge in [0.1, 0.15) is 10.7 Å². The number of hydrogen-bond acceptors (Lipinski definition) is 4. The lowest BCUT2D eigenvalue weighted by Crippen LogP contribution is -2.32. The van der Waals surface area contributed by atoms with E-state index >= 15 is 0 Å². The van der Waals surface area contributed by atoms with Crippen molar-refractivity contribution < 1.29 is 14.4 Å². The molecule has 5 rings (SSSR count). The number of carbonyl (C=O) groups excluding carboxylic acids is 3. The van der Waals surface area contributed by atoms with E-state index in [4.69, 9.17) is 23.2 Å². The van der Waals surface area contributed by atoms with E-state index in [1.165, 1.54) is 0 Å². The average Bonchev–Trinajstić information content (AvgIpc) is 3.08. The van der Waals surface area contributed by atoms with Crippen molar-refractivity contribution in [1.29, 1.82) is 0 Å². The second-order valence-corrected chi connectivity index (χ2v) is 8.61. The Morgan fingerprint density at radius 2 is 1.43 bits per heavy atom. The fraction of sp³-hybridized carbons (Fsp3) is 0. The van der Waals surface area contributed by atoms with Gasteiger partial charge in [-0.1, -0.05) is 59.6 Å². The molecule has 8 heteroatoms. The molecule has 0 saturated carbocycles. The summed E-state index contributed by atoms with van der Waals surface area (Å²) in [5.74, 6) is -1.49. The Balaban J connectivity index is 1.31. The van der Waals surface area contributed by atoms with Gasteiger partial charge >= 0.3 is 0 Å². The molecule has 1 aliphatic heterocycles. The predicted octanol–water partition coefficient (Wildman–Crippen LogP) is 6.18. The Kier molecular flexibility index (Phi) is 5.99. The highest BCUT2D eigenvalue weighted by atomic mass is 35.5. The fourth-order valence-corrected chi connectivity index (χ4v) is 4.15. The molecule has 6 nitrogen and oxygen atoms in total. The first kappa shape index (κ1) is 22.7. The van der Waals surface area contributed by atoms with E-state index in [0.29, 0.717) is 27.6 Å². The van der Waals surface area contributed by atoms with Crippen LogP contribution in [0.15, 0.2) is 102 Å². The van der Waals surface area contributed by atoms with E-state index in [9.17, 15) is 14.4 Å². The zero-order chi connectivity index (χ0) is 24.5. The quantitative estimate of drug-likeness (QED) is 0.320. The lowest BCUT2D eigenvalue weighted by Gasteiger charge is -2.15. The van der Waals surface area contributed by atoms with Crippen LogP contribution in [0.25, 0.3) is 10.8 Å². The van der Waals surface area contributed by atoms with E-state index in [1.54, 1.807) is 48.5 Å². The molecular weight excluding hydrogens is 485 g/mol. The van der Waals surface area contributed by atoms with Gasteiger partial charge in [-0.3, -0.25) is 14.4 Å². The fourth-order valence-electron chi connectivity index (χ4n) is 3.81. The SMILES string of the molecule is O=C(Nc1cccc2ccccc12)c1ccc(NC2=C(Cl)C(=O)N(c3ccc(Cl)cc3)C2=O)cc1. The van der Waals surface area contributed by atoms with Gasteiger partial charge in [0, 0.05) is 27.3 Å². The largest absolute Gasteiger partial charge is 0.350 e.